The minimum atomic E-state index is -0.532. The van der Waals surface area contributed by atoms with Gasteiger partial charge in [-0.1, -0.05) is 18.2 Å². The summed E-state index contributed by atoms with van der Waals surface area (Å²) in [6.45, 7) is 6.74. The van der Waals surface area contributed by atoms with Crippen molar-refractivity contribution >= 4 is 28.8 Å². The molecule has 0 radical (unpaired) electrons. The van der Waals surface area contributed by atoms with Crippen LogP contribution >= 0.6 is 0 Å². The molecule has 1 atom stereocenters. The molecule has 1 N–H and O–H groups in total. The highest BCUT2D eigenvalue weighted by Crippen LogP contribution is 2.45. The van der Waals surface area contributed by atoms with Gasteiger partial charge in [0.25, 0.3) is 0 Å². The first-order valence-electron chi connectivity index (χ1n) is 12.5. The van der Waals surface area contributed by atoms with Gasteiger partial charge in [0.15, 0.2) is 0 Å². The predicted molar refractivity (Wildman–Crippen MR) is 139 cm³/mol. The van der Waals surface area contributed by atoms with Gasteiger partial charge in [-0.3, -0.25) is 0 Å². The molecule has 2 aromatic carbocycles. The van der Waals surface area contributed by atoms with E-state index in [2.05, 4.69) is 21.4 Å². The van der Waals surface area contributed by atoms with Crippen molar-refractivity contribution in [2.45, 2.75) is 57.3 Å². The Morgan fingerprint density at radius 1 is 1.11 bits per heavy atom. The number of amides is 1. The van der Waals surface area contributed by atoms with E-state index < -0.39 is 17.2 Å². The highest BCUT2D eigenvalue weighted by Gasteiger charge is 2.44. The first-order chi connectivity index (χ1) is 17.7. The number of ether oxygens (including phenoxy) is 3. The highest BCUT2D eigenvalue weighted by molar-refractivity contribution is 5.97. The van der Waals surface area contributed by atoms with E-state index in [1.54, 1.807) is 23.1 Å². The van der Waals surface area contributed by atoms with Crippen molar-refractivity contribution in [3.8, 4) is 5.75 Å². The third-order valence-corrected chi connectivity index (χ3v) is 6.89. The number of piperidine rings is 1. The second kappa shape index (κ2) is 9.53. The number of carbonyl (C=O) groups excluding carboxylic acids is 2. The molecule has 0 bridgehead atoms. The number of fused-ring (bicyclic) bond motifs is 2. The summed E-state index contributed by atoms with van der Waals surface area (Å²) in [6, 6.07) is 13.2. The van der Waals surface area contributed by atoms with E-state index in [9.17, 15) is 9.59 Å². The number of esters is 1. The molecule has 0 saturated carbocycles. The van der Waals surface area contributed by atoms with Gasteiger partial charge in [-0.2, -0.15) is 0 Å². The topological polar surface area (TPSA) is 103 Å². The van der Waals surface area contributed by atoms with Crippen LogP contribution in [-0.2, 0) is 9.47 Å². The van der Waals surface area contributed by atoms with Gasteiger partial charge in [-0.05, 0) is 45.0 Å². The largest absolute Gasteiger partial charge is 0.487 e. The molecule has 9 heteroatoms. The Balaban J connectivity index is 1.41. The molecule has 1 fully saturated rings. The molecule has 3 heterocycles. The molecule has 1 aromatic heterocycles. The molecule has 1 saturated heterocycles. The predicted octanol–water partition coefficient (Wildman–Crippen LogP) is 5.12. The fraction of sp³-hybridized carbons (Fsp3) is 0.429. The van der Waals surface area contributed by atoms with Gasteiger partial charge in [0, 0.05) is 43.3 Å². The Labute approximate surface area is 216 Å². The minimum absolute atomic E-state index is 0.0853. The van der Waals surface area contributed by atoms with Gasteiger partial charge in [0.2, 0.25) is 0 Å². The number of hydrogen-bond acceptors (Lipinski definition) is 8. The lowest BCUT2D eigenvalue weighted by atomic mass is 9.80. The summed E-state index contributed by atoms with van der Waals surface area (Å²) in [5.41, 5.74) is 1.25. The summed E-state index contributed by atoms with van der Waals surface area (Å²) in [6.07, 6.45) is 3.31. The SMILES string of the molecule is COC(=O)c1ccc2ncnc(NC3CC4(CCN(C(=O)OC(C)(C)C)CC4)Oc4ccccc43)c2c1. The Morgan fingerprint density at radius 3 is 2.59 bits per heavy atom. The molecular formula is C28H32N4O5. The van der Waals surface area contributed by atoms with Crippen LogP contribution in [0.25, 0.3) is 10.9 Å². The Hall–Kier alpha value is -3.88. The molecule has 0 aliphatic carbocycles. The lowest BCUT2D eigenvalue weighted by molar-refractivity contribution is -0.0308. The summed E-state index contributed by atoms with van der Waals surface area (Å²) in [7, 11) is 1.36. The van der Waals surface area contributed by atoms with Crippen molar-refractivity contribution in [3.05, 3.63) is 59.9 Å². The number of nitrogens with zero attached hydrogens (tertiary/aromatic N) is 3. The van der Waals surface area contributed by atoms with Crippen LogP contribution in [0.5, 0.6) is 5.75 Å². The maximum absolute atomic E-state index is 12.6. The highest BCUT2D eigenvalue weighted by atomic mass is 16.6. The molecule has 3 aromatic rings. The number of anilines is 1. The van der Waals surface area contributed by atoms with Crippen LogP contribution in [0, 0.1) is 0 Å². The van der Waals surface area contributed by atoms with E-state index in [-0.39, 0.29) is 12.1 Å². The Morgan fingerprint density at radius 2 is 1.86 bits per heavy atom. The van der Waals surface area contributed by atoms with Crippen molar-refractivity contribution in [3.63, 3.8) is 0 Å². The Bertz CT molecular complexity index is 1330. The smallest absolute Gasteiger partial charge is 0.410 e. The zero-order chi connectivity index (χ0) is 26.2. The second-order valence-corrected chi connectivity index (χ2v) is 10.6. The fourth-order valence-corrected chi connectivity index (χ4v) is 5.06. The summed E-state index contributed by atoms with van der Waals surface area (Å²) in [4.78, 5) is 35.4. The number of methoxy groups -OCH3 is 1. The van der Waals surface area contributed by atoms with Crippen molar-refractivity contribution in [2.24, 2.45) is 0 Å². The summed E-state index contributed by atoms with van der Waals surface area (Å²) < 4.78 is 17.1. The number of benzene rings is 2. The third kappa shape index (κ3) is 5.16. The van der Waals surface area contributed by atoms with Gasteiger partial charge in [0.05, 0.1) is 24.2 Å². The van der Waals surface area contributed by atoms with Gasteiger partial charge < -0.3 is 24.4 Å². The van der Waals surface area contributed by atoms with E-state index in [4.69, 9.17) is 14.2 Å². The zero-order valence-electron chi connectivity index (χ0n) is 21.6. The molecule has 37 heavy (non-hydrogen) atoms. The lowest BCUT2D eigenvalue weighted by Gasteiger charge is -2.47. The van der Waals surface area contributed by atoms with Crippen molar-refractivity contribution in [1.29, 1.82) is 0 Å². The van der Waals surface area contributed by atoms with Crippen LogP contribution in [0.4, 0.5) is 10.6 Å². The summed E-state index contributed by atoms with van der Waals surface area (Å²) >= 11 is 0. The number of likely N-dealkylation sites (tertiary alicyclic amines) is 1. The summed E-state index contributed by atoms with van der Waals surface area (Å²) in [5, 5.41) is 4.35. The number of nitrogens with one attached hydrogen (secondary N) is 1. The second-order valence-electron chi connectivity index (χ2n) is 10.6. The van der Waals surface area contributed by atoms with Crippen LogP contribution in [0.15, 0.2) is 48.8 Å². The number of rotatable bonds is 3. The maximum Gasteiger partial charge on any atom is 0.410 e. The standard InChI is InChI=1S/C28H32N4O5/c1-27(2,3)37-26(34)32-13-11-28(12-14-32)16-22(19-7-5-6-8-23(19)36-28)31-24-20-15-18(25(33)35-4)9-10-21(20)29-17-30-24/h5-10,15,17,22H,11-14,16H2,1-4H3,(H,29,30,31). The van der Waals surface area contributed by atoms with Gasteiger partial charge >= 0.3 is 12.1 Å². The Kier molecular flexibility index (Phi) is 6.39. The molecule has 2 aliphatic rings. The van der Waals surface area contributed by atoms with E-state index >= 15 is 0 Å². The lowest BCUT2D eigenvalue weighted by Crippen LogP contribution is -2.53. The van der Waals surface area contributed by atoms with Crippen molar-refractivity contribution in [2.75, 3.05) is 25.5 Å². The zero-order valence-corrected chi connectivity index (χ0v) is 21.6. The normalized spacial score (nSPS) is 18.6. The van der Waals surface area contributed by atoms with E-state index in [0.29, 0.717) is 43.7 Å². The molecular weight excluding hydrogens is 472 g/mol. The van der Waals surface area contributed by atoms with Crippen LogP contribution in [0.2, 0.25) is 0 Å². The molecule has 9 nitrogen and oxygen atoms in total. The number of aromatic nitrogens is 2. The number of para-hydroxylation sites is 1. The first kappa shape index (κ1) is 24.8. The number of hydrogen-bond donors (Lipinski definition) is 1. The third-order valence-electron chi connectivity index (χ3n) is 6.89. The van der Waals surface area contributed by atoms with Crippen LogP contribution in [-0.4, -0.2) is 58.3 Å². The molecule has 194 valence electrons. The quantitative estimate of drug-likeness (QED) is 0.490. The average molecular weight is 505 g/mol. The maximum atomic E-state index is 12.6. The molecule has 2 aliphatic heterocycles. The van der Waals surface area contributed by atoms with E-state index in [1.165, 1.54) is 13.4 Å². The molecule has 1 amide bonds. The average Bonchev–Trinajstić information content (AvgIpc) is 2.87. The number of carbonyl (C=O) groups is 2. The first-order valence-corrected chi connectivity index (χ1v) is 12.5. The molecule has 1 unspecified atom stereocenters. The van der Waals surface area contributed by atoms with Crippen molar-refractivity contribution < 1.29 is 23.8 Å². The van der Waals surface area contributed by atoms with Crippen LogP contribution < -0.4 is 10.1 Å². The monoisotopic (exact) mass is 504 g/mol. The summed E-state index contributed by atoms with van der Waals surface area (Å²) in [5.74, 6) is 1.05. The van der Waals surface area contributed by atoms with Gasteiger partial charge in [-0.25, -0.2) is 19.6 Å². The molecule has 5 rings (SSSR count). The van der Waals surface area contributed by atoms with Crippen molar-refractivity contribution in [1.82, 2.24) is 14.9 Å². The van der Waals surface area contributed by atoms with Crippen LogP contribution in [0.3, 0.4) is 0 Å². The molecule has 1 spiro atoms. The van der Waals surface area contributed by atoms with E-state index in [0.717, 1.165) is 22.2 Å². The van der Waals surface area contributed by atoms with Gasteiger partial charge in [-0.15, -0.1) is 0 Å². The van der Waals surface area contributed by atoms with E-state index in [1.807, 2.05) is 39.0 Å². The van der Waals surface area contributed by atoms with Gasteiger partial charge in [0.1, 0.15) is 29.1 Å². The minimum Gasteiger partial charge on any atom is -0.487 e. The fourth-order valence-electron chi connectivity index (χ4n) is 5.06. The van der Waals surface area contributed by atoms with Crippen LogP contribution in [0.1, 0.15) is 62.0 Å².